The number of nitrogens with zero attached hydrogens (tertiary/aromatic N) is 1. The maximum absolute atomic E-state index is 13.1. The molecule has 0 bridgehead atoms. The smallest absolute Gasteiger partial charge is 0.320 e. The summed E-state index contributed by atoms with van der Waals surface area (Å²) in [6.45, 7) is 0.292. The Morgan fingerprint density at radius 2 is 2.21 bits per heavy atom. The van der Waals surface area contributed by atoms with Crippen LogP contribution in [0, 0.1) is 21.4 Å². The molecular weight excluding hydrogens is 264 g/mol. The summed E-state index contributed by atoms with van der Waals surface area (Å²) in [7, 11) is 0. The molecule has 1 rings (SSSR count). The Kier molecular flexibility index (Phi) is 4.90. The molecule has 6 nitrogen and oxygen atoms in total. The highest BCUT2D eigenvalue weighted by molar-refractivity contribution is 6.05. The SMILES string of the molecule is CCOC(=O)[C@]1([C@H](C[N+](=O)[O-])C(F)F)CCCC1=O. The van der Waals surface area contributed by atoms with Crippen molar-refractivity contribution in [2.24, 2.45) is 11.3 Å². The van der Waals surface area contributed by atoms with E-state index in [9.17, 15) is 28.5 Å². The third kappa shape index (κ3) is 2.87. The molecule has 0 aromatic carbocycles. The zero-order chi connectivity index (χ0) is 14.6. The number of ketones is 1. The van der Waals surface area contributed by atoms with Crippen molar-refractivity contribution < 1.29 is 28.0 Å². The first-order chi connectivity index (χ1) is 8.86. The number of esters is 1. The molecule has 0 saturated heterocycles. The molecule has 1 saturated carbocycles. The second kappa shape index (κ2) is 6.03. The molecule has 1 aliphatic carbocycles. The topological polar surface area (TPSA) is 86.5 Å². The zero-order valence-electron chi connectivity index (χ0n) is 10.4. The van der Waals surface area contributed by atoms with E-state index in [1.807, 2.05) is 0 Å². The van der Waals surface area contributed by atoms with Crippen molar-refractivity contribution in [3.63, 3.8) is 0 Å². The number of Topliss-reactive ketones (excluding diaryl/α,β-unsaturated/α-hetero) is 1. The minimum absolute atomic E-state index is 0.0280. The summed E-state index contributed by atoms with van der Waals surface area (Å²) >= 11 is 0. The predicted octanol–water partition coefficient (Wildman–Crippen LogP) is 1.45. The highest BCUT2D eigenvalue weighted by Crippen LogP contribution is 2.45. The third-order valence-electron chi connectivity index (χ3n) is 3.40. The molecule has 8 heteroatoms. The number of halogens is 2. The van der Waals surface area contributed by atoms with Crippen molar-refractivity contribution in [2.45, 2.75) is 32.6 Å². The van der Waals surface area contributed by atoms with Gasteiger partial charge in [-0.2, -0.15) is 0 Å². The van der Waals surface area contributed by atoms with E-state index in [0.717, 1.165) is 0 Å². The van der Waals surface area contributed by atoms with Crippen LogP contribution >= 0.6 is 0 Å². The Labute approximate surface area is 108 Å². The van der Waals surface area contributed by atoms with Crippen LogP contribution in [0.3, 0.4) is 0 Å². The number of rotatable bonds is 6. The molecule has 0 aromatic heterocycles. The first-order valence-corrected chi connectivity index (χ1v) is 5.96. The van der Waals surface area contributed by atoms with E-state index in [0.29, 0.717) is 0 Å². The van der Waals surface area contributed by atoms with Gasteiger partial charge in [-0.05, 0) is 19.8 Å². The van der Waals surface area contributed by atoms with Crippen LogP contribution in [-0.2, 0) is 14.3 Å². The van der Waals surface area contributed by atoms with E-state index in [4.69, 9.17) is 4.74 Å². The van der Waals surface area contributed by atoms with Gasteiger partial charge in [-0.25, -0.2) is 8.78 Å². The number of nitro groups is 1. The van der Waals surface area contributed by atoms with Crippen LogP contribution in [0.25, 0.3) is 0 Å². The van der Waals surface area contributed by atoms with Crippen LogP contribution in [-0.4, -0.2) is 36.3 Å². The summed E-state index contributed by atoms with van der Waals surface area (Å²) in [6, 6.07) is 0. The maximum atomic E-state index is 13.1. The van der Waals surface area contributed by atoms with Gasteiger partial charge in [0.25, 0.3) is 0 Å². The van der Waals surface area contributed by atoms with Crippen LogP contribution in [0.2, 0.25) is 0 Å². The van der Waals surface area contributed by atoms with Crippen molar-refractivity contribution in [1.29, 1.82) is 0 Å². The van der Waals surface area contributed by atoms with Crippen LogP contribution < -0.4 is 0 Å². The van der Waals surface area contributed by atoms with Crippen LogP contribution in [0.5, 0.6) is 0 Å². The van der Waals surface area contributed by atoms with E-state index >= 15 is 0 Å². The molecule has 0 spiro atoms. The summed E-state index contributed by atoms with van der Waals surface area (Å²) in [5, 5.41) is 10.5. The lowest BCUT2D eigenvalue weighted by atomic mass is 9.73. The van der Waals surface area contributed by atoms with Gasteiger partial charge in [-0.15, -0.1) is 0 Å². The van der Waals surface area contributed by atoms with Crippen molar-refractivity contribution >= 4 is 11.8 Å². The van der Waals surface area contributed by atoms with Crippen molar-refractivity contribution in [3.8, 4) is 0 Å². The van der Waals surface area contributed by atoms with E-state index in [-0.39, 0.29) is 25.9 Å². The monoisotopic (exact) mass is 279 g/mol. The molecule has 108 valence electrons. The summed E-state index contributed by atoms with van der Waals surface area (Å²) in [4.78, 5) is 33.4. The van der Waals surface area contributed by atoms with Gasteiger partial charge in [0.2, 0.25) is 13.0 Å². The molecule has 0 radical (unpaired) electrons. The number of carbonyl (C=O) groups is 2. The highest BCUT2D eigenvalue weighted by atomic mass is 19.3. The molecule has 0 N–H and O–H groups in total. The van der Waals surface area contributed by atoms with Crippen LogP contribution in [0.4, 0.5) is 8.78 Å². The molecule has 0 aromatic rings. The van der Waals surface area contributed by atoms with E-state index in [1.165, 1.54) is 6.92 Å². The minimum Gasteiger partial charge on any atom is -0.465 e. The number of alkyl halides is 2. The molecule has 19 heavy (non-hydrogen) atoms. The molecule has 0 amide bonds. The van der Waals surface area contributed by atoms with Crippen molar-refractivity contribution in [2.75, 3.05) is 13.2 Å². The fourth-order valence-corrected chi connectivity index (χ4v) is 2.52. The van der Waals surface area contributed by atoms with Gasteiger partial charge in [-0.1, -0.05) is 0 Å². The Morgan fingerprint density at radius 3 is 2.58 bits per heavy atom. The lowest BCUT2D eigenvalue weighted by Gasteiger charge is -2.30. The summed E-state index contributed by atoms with van der Waals surface area (Å²) in [6.07, 6.45) is -3.01. The standard InChI is InChI=1S/C11H15F2NO5/c1-2-19-10(16)11(5-3-4-8(11)15)7(9(12)13)6-14(17)18/h7,9H,2-6H2,1H3/t7-,11+/m1/s1. The van der Waals surface area contributed by atoms with Crippen molar-refractivity contribution in [1.82, 2.24) is 0 Å². The fourth-order valence-electron chi connectivity index (χ4n) is 2.52. The molecule has 1 aliphatic rings. The minimum atomic E-state index is -3.13. The highest BCUT2D eigenvalue weighted by Gasteiger charge is 2.60. The Bertz CT molecular complexity index is 387. The summed E-state index contributed by atoms with van der Waals surface area (Å²) < 4.78 is 30.8. The zero-order valence-corrected chi connectivity index (χ0v) is 10.4. The van der Waals surface area contributed by atoms with Crippen molar-refractivity contribution in [3.05, 3.63) is 10.1 Å². The largest absolute Gasteiger partial charge is 0.465 e. The second-order valence-corrected chi connectivity index (χ2v) is 4.42. The average Bonchev–Trinajstić information content (AvgIpc) is 2.68. The Balaban J connectivity index is 3.17. The molecule has 0 heterocycles. The molecular formula is C11H15F2NO5. The summed E-state index contributed by atoms with van der Waals surface area (Å²) in [5.41, 5.74) is -2.06. The van der Waals surface area contributed by atoms with Gasteiger partial charge >= 0.3 is 5.97 Å². The fraction of sp³-hybridized carbons (Fsp3) is 0.818. The predicted molar refractivity (Wildman–Crippen MR) is 59.3 cm³/mol. The first kappa shape index (κ1) is 15.5. The third-order valence-corrected chi connectivity index (χ3v) is 3.40. The van der Waals surface area contributed by atoms with E-state index in [2.05, 4.69) is 0 Å². The van der Waals surface area contributed by atoms with Gasteiger partial charge in [0.15, 0.2) is 5.78 Å². The Hall–Kier alpha value is -1.60. The molecule has 1 fully saturated rings. The number of hydrogen-bond donors (Lipinski definition) is 0. The number of carbonyl (C=O) groups excluding carboxylic acids is 2. The number of hydrogen-bond acceptors (Lipinski definition) is 5. The quantitative estimate of drug-likeness (QED) is 0.318. The molecule has 2 atom stereocenters. The summed E-state index contributed by atoms with van der Waals surface area (Å²) in [5.74, 6) is -3.68. The average molecular weight is 279 g/mol. The lowest BCUT2D eigenvalue weighted by Crippen LogP contribution is -2.49. The van der Waals surface area contributed by atoms with Crippen LogP contribution in [0.1, 0.15) is 26.2 Å². The lowest BCUT2D eigenvalue weighted by molar-refractivity contribution is -0.494. The van der Waals surface area contributed by atoms with E-state index in [1.54, 1.807) is 0 Å². The maximum Gasteiger partial charge on any atom is 0.320 e. The van der Waals surface area contributed by atoms with Gasteiger partial charge in [0, 0.05) is 11.3 Å². The second-order valence-electron chi connectivity index (χ2n) is 4.42. The normalized spacial score (nSPS) is 24.5. The number of ether oxygens (including phenoxy) is 1. The van der Waals surface area contributed by atoms with Gasteiger partial charge < -0.3 is 4.74 Å². The molecule has 0 aliphatic heterocycles. The first-order valence-electron chi connectivity index (χ1n) is 5.96. The Morgan fingerprint density at radius 1 is 1.58 bits per heavy atom. The van der Waals surface area contributed by atoms with Crippen LogP contribution in [0.15, 0.2) is 0 Å². The van der Waals surface area contributed by atoms with Gasteiger partial charge in [-0.3, -0.25) is 19.7 Å². The van der Waals surface area contributed by atoms with Gasteiger partial charge in [0.1, 0.15) is 11.3 Å². The molecule has 0 unspecified atom stereocenters. The van der Waals surface area contributed by atoms with Gasteiger partial charge in [0.05, 0.1) is 6.61 Å². The van der Waals surface area contributed by atoms with E-state index < -0.39 is 41.0 Å².